The molecule has 0 aliphatic rings. The first kappa shape index (κ1) is 9.59. The average Bonchev–Trinajstić information content (AvgIpc) is 2.31. The fourth-order valence-electron chi connectivity index (χ4n) is 1.25. The lowest BCUT2D eigenvalue weighted by molar-refractivity contribution is 0.455. The molecule has 15 heavy (non-hydrogen) atoms. The standard InChI is InChI=1S/C13H11O2/c1-14-12-8-5-9-13(10-12)15-11-6-3-2-4-7-11/h2-10H,1H2. The van der Waals surface area contributed by atoms with Gasteiger partial charge in [-0.3, -0.25) is 0 Å². The molecule has 0 heterocycles. The van der Waals surface area contributed by atoms with Crippen LogP contribution in [0.3, 0.4) is 0 Å². The molecule has 0 spiro atoms. The lowest BCUT2D eigenvalue weighted by Crippen LogP contribution is -1.84. The van der Waals surface area contributed by atoms with Crippen LogP contribution in [0.15, 0.2) is 54.6 Å². The first-order valence-electron chi connectivity index (χ1n) is 4.63. The van der Waals surface area contributed by atoms with Crippen LogP contribution in [0.2, 0.25) is 0 Å². The molecule has 75 valence electrons. The number of para-hydroxylation sites is 1. The van der Waals surface area contributed by atoms with E-state index in [-0.39, 0.29) is 0 Å². The maximum atomic E-state index is 5.61. The van der Waals surface area contributed by atoms with Gasteiger partial charge in [-0.05, 0) is 24.3 Å². The Hall–Kier alpha value is -1.96. The molecular weight excluding hydrogens is 188 g/mol. The SMILES string of the molecule is [CH2]Oc1cccc(Oc2ccccc2)c1. The normalized spacial score (nSPS) is 9.67. The second-order valence-electron chi connectivity index (χ2n) is 3.03. The molecule has 0 amide bonds. The van der Waals surface area contributed by atoms with Gasteiger partial charge in [0.05, 0.1) is 0 Å². The highest BCUT2D eigenvalue weighted by molar-refractivity contribution is 5.36. The van der Waals surface area contributed by atoms with Crippen LogP contribution >= 0.6 is 0 Å². The largest absolute Gasteiger partial charge is 0.490 e. The fourth-order valence-corrected chi connectivity index (χ4v) is 1.25. The van der Waals surface area contributed by atoms with E-state index in [9.17, 15) is 0 Å². The molecule has 0 unspecified atom stereocenters. The first-order valence-corrected chi connectivity index (χ1v) is 4.63. The maximum absolute atomic E-state index is 5.61. The van der Waals surface area contributed by atoms with Gasteiger partial charge in [0.25, 0.3) is 0 Å². The molecule has 0 saturated carbocycles. The molecule has 1 radical (unpaired) electrons. The van der Waals surface area contributed by atoms with E-state index >= 15 is 0 Å². The molecule has 0 fully saturated rings. The van der Waals surface area contributed by atoms with E-state index in [2.05, 4.69) is 7.11 Å². The summed E-state index contributed by atoms with van der Waals surface area (Å²) in [7, 11) is 3.35. The Morgan fingerprint density at radius 2 is 1.40 bits per heavy atom. The minimum Gasteiger partial charge on any atom is -0.490 e. The van der Waals surface area contributed by atoms with Gasteiger partial charge >= 0.3 is 0 Å². The molecule has 2 heteroatoms. The Kier molecular flexibility index (Phi) is 2.88. The zero-order valence-corrected chi connectivity index (χ0v) is 8.22. The number of ether oxygens (including phenoxy) is 2. The van der Waals surface area contributed by atoms with E-state index in [1.165, 1.54) is 0 Å². The van der Waals surface area contributed by atoms with Crippen LogP contribution < -0.4 is 9.47 Å². The topological polar surface area (TPSA) is 18.5 Å². The molecule has 2 rings (SSSR count). The van der Waals surface area contributed by atoms with E-state index in [4.69, 9.17) is 9.47 Å². The van der Waals surface area contributed by atoms with Crippen LogP contribution in [0.5, 0.6) is 17.2 Å². The van der Waals surface area contributed by atoms with Crippen LogP contribution in [0.25, 0.3) is 0 Å². The molecule has 2 nitrogen and oxygen atoms in total. The average molecular weight is 199 g/mol. The van der Waals surface area contributed by atoms with Crippen LogP contribution in [0.4, 0.5) is 0 Å². The van der Waals surface area contributed by atoms with Crippen molar-refractivity contribution in [1.29, 1.82) is 0 Å². The molecule has 0 bridgehead atoms. The molecule has 0 aliphatic carbocycles. The van der Waals surface area contributed by atoms with Crippen molar-refractivity contribution in [2.24, 2.45) is 0 Å². The Morgan fingerprint density at radius 3 is 2.13 bits per heavy atom. The third-order valence-corrected chi connectivity index (χ3v) is 1.95. The number of benzene rings is 2. The van der Waals surface area contributed by atoms with Gasteiger partial charge in [0, 0.05) is 6.07 Å². The quantitative estimate of drug-likeness (QED) is 0.751. The minimum absolute atomic E-state index is 0.684. The van der Waals surface area contributed by atoms with Gasteiger partial charge in [0.15, 0.2) is 0 Å². The van der Waals surface area contributed by atoms with Crippen molar-refractivity contribution in [3.8, 4) is 17.2 Å². The second kappa shape index (κ2) is 4.51. The van der Waals surface area contributed by atoms with Gasteiger partial charge in [-0.25, -0.2) is 0 Å². The van der Waals surface area contributed by atoms with Crippen molar-refractivity contribution in [1.82, 2.24) is 0 Å². The van der Waals surface area contributed by atoms with Crippen LogP contribution in [-0.4, -0.2) is 0 Å². The van der Waals surface area contributed by atoms with Gasteiger partial charge in [0.1, 0.15) is 24.4 Å². The predicted molar refractivity (Wildman–Crippen MR) is 58.9 cm³/mol. The monoisotopic (exact) mass is 199 g/mol. The van der Waals surface area contributed by atoms with Crippen molar-refractivity contribution in [2.75, 3.05) is 0 Å². The summed E-state index contributed by atoms with van der Waals surface area (Å²) in [5, 5.41) is 0. The molecular formula is C13H11O2. The molecule has 2 aromatic rings. The van der Waals surface area contributed by atoms with E-state index in [0.29, 0.717) is 5.75 Å². The molecule has 0 saturated heterocycles. The van der Waals surface area contributed by atoms with E-state index in [0.717, 1.165) is 11.5 Å². The molecule has 2 aromatic carbocycles. The van der Waals surface area contributed by atoms with Crippen LogP contribution in [0.1, 0.15) is 0 Å². The van der Waals surface area contributed by atoms with Gasteiger partial charge in [-0.1, -0.05) is 24.3 Å². The van der Waals surface area contributed by atoms with E-state index in [1.807, 2.05) is 48.5 Å². The number of rotatable bonds is 3. The Labute approximate surface area is 89.1 Å². The molecule has 0 atom stereocenters. The second-order valence-corrected chi connectivity index (χ2v) is 3.03. The maximum Gasteiger partial charge on any atom is 0.131 e. The third kappa shape index (κ3) is 2.50. The van der Waals surface area contributed by atoms with Gasteiger partial charge in [-0.2, -0.15) is 0 Å². The molecule has 0 aliphatic heterocycles. The number of hydrogen-bond donors (Lipinski definition) is 0. The number of hydrogen-bond acceptors (Lipinski definition) is 2. The summed E-state index contributed by atoms with van der Waals surface area (Å²) in [5.41, 5.74) is 0. The summed E-state index contributed by atoms with van der Waals surface area (Å²) in [5.74, 6) is 2.23. The Morgan fingerprint density at radius 1 is 0.733 bits per heavy atom. The zero-order chi connectivity index (χ0) is 10.5. The van der Waals surface area contributed by atoms with Crippen molar-refractivity contribution < 1.29 is 9.47 Å². The summed E-state index contributed by atoms with van der Waals surface area (Å²) < 4.78 is 10.5. The Bertz CT molecular complexity index is 424. The molecule has 0 aromatic heterocycles. The highest BCUT2D eigenvalue weighted by atomic mass is 16.5. The summed E-state index contributed by atoms with van der Waals surface area (Å²) >= 11 is 0. The summed E-state index contributed by atoms with van der Waals surface area (Å²) in [6.45, 7) is 0. The fraction of sp³-hybridized carbons (Fsp3) is 0. The highest BCUT2D eigenvalue weighted by Gasteiger charge is 1.97. The Balaban J connectivity index is 2.17. The van der Waals surface area contributed by atoms with Gasteiger partial charge in [-0.15, -0.1) is 0 Å². The van der Waals surface area contributed by atoms with Crippen molar-refractivity contribution in [3.05, 3.63) is 61.7 Å². The predicted octanol–water partition coefficient (Wildman–Crippen LogP) is 3.65. The summed E-state index contributed by atoms with van der Waals surface area (Å²) in [6.07, 6.45) is 0. The lowest BCUT2D eigenvalue weighted by Gasteiger charge is -2.06. The van der Waals surface area contributed by atoms with Crippen LogP contribution in [-0.2, 0) is 0 Å². The van der Waals surface area contributed by atoms with E-state index in [1.54, 1.807) is 6.07 Å². The highest BCUT2D eigenvalue weighted by Crippen LogP contribution is 2.24. The van der Waals surface area contributed by atoms with Gasteiger partial charge < -0.3 is 9.47 Å². The summed E-state index contributed by atoms with van der Waals surface area (Å²) in [4.78, 5) is 0. The first-order chi connectivity index (χ1) is 7.38. The molecule has 0 N–H and O–H groups in total. The van der Waals surface area contributed by atoms with Crippen molar-refractivity contribution in [3.63, 3.8) is 0 Å². The smallest absolute Gasteiger partial charge is 0.131 e. The van der Waals surface area contributed by atoms with Crippen molar-refractivity contribution >= 4 is 0 Å². The summed E-state index contributed by atoms with van der Waals surface area (Å²) in [6, 6.07) is 16.9. The third-order valence-electron chi connectivity index (χ3n) is 1.95. The van der Waals surface area contributed by atoms with Crippen LogP contribution in [0, 0.1) is 7.11 Å². The zero-order valence-electron chi connectivity index (χ0n) is 8.22. The van der Waals surface area contributed by atoms with E-state index < -0.39 is 0 Å². The minimum atomic E-state index is 0.684. The van der Waals surface area contributed by atoms with Crippen molar-refractivity contribution in [2.45, 2.75) is 0 Å². The van der Waals surface area contributed by atoms with Gasteiger partial charge in [0.2, 0.25) is 0 Å². The lowest BCUT2D eigenvalue weighted by atomic mass is 10.3.